The molecule has 3 aromatic carbocycles. The van der Waals surface area contributed by atoms with Gasteiger partial charge in [0.15, 0.2) is 5.78 Å². The summed E-state index contributed by atoms with van der Waals surface area (Å²) in [6.45, 7) is 3.39. The number of benzene rings is 3. The lowest BCUT2D eigenvalue weighted by Crippen LogP contribution is -2.55. The highest BCUT2D eigenvalue weighted by atomic mass is 16.5. The smallest absolute Gasteiger partial charge is 0.317 e. The van der Waals surface area contributed by atoms with Crippen LogP contribution in [0.2, 0.25) is 0 Å². The number of Topliss-reactive ketones (excluding diaryl/α,β-unsaturated/α-hetero) is 1. The van der Waals surface area contributed by atoms with Gasteiger partial charge in [0.25, 0.3) is 0 Å². The summed E-state index contributed by atoms with van der Waals surface area (Å²) < 4.78 is 11.2. The van der Waals surface area contributed by atoms with Gasteiger partial charge in [-0.15, -0.1) is 0 Å². The average molecular weight is 487 g/mol. The van der Waals surface area contributed by atoms with Crippen LogP contribution in [0.5, 0.6) is 0 Å². The summed E-state index contributed by atoms with van der Waals surface area (Å²) in [5.74, 6) is -5.17. The van der Waals surface area contributed by atoms with Crippen molar-refractivity contribution in [2.75, 3.05) is 0 Å². The highest BCUT2D eigenvalue weighted by molar-refractivity contribution is 6.02. The fourth-order valence-electron chi connectivity index (χ4n) is 4.84. The molecule has 1 saturated carbocycles. The maximum Gasteiger partial charge on any atom is 0.317 e. The molecule has 36 heavy (non-hydrogen) atoms. The van der Waals surface area contributed by atoms with Gasteiger partial charge in [0.05, 0.1) is 11.5 Å². The Bertz CT molecular complexity index is 1200. The number of esters is 2. The van der Waals surface area contributed by atoms with Crippen molar-refractivity contribution in [2.24, 2.45) is 11.8 Å². The van der Waals surface area contributed by atoms with Crippen LogP contribution in [-0.2, 0) is 37.1 Å². The molecule has 0 bridgehead atoms. The molecule has 4 atom stereocenters. The fraction of sp³-hybridized carbons (Fsp3) is 0.300. The summed E-state index contributed by atoms with van der Waals surface area (Å²) in [6, 6.07) is 25.6. The van der Waals surface area contributed by atoms with E-state index in [1.165, 1.54) is 6.92 Å². The summed E-state index contributed by atoms with van der Waals surface area (Å²) in [5.41, 5.74) is 1.46. The number of ketones is 1. The van der Waals surface area contributed by atoms with Gasteiger partial charge in [0.2, 0.25) is 0 Å². The summed E-state index contributed by atoms with van der Waals surface area (Å²) >= 11 is 0. The van der Waals surface area contributed by atoms with Crippen LogP contribution < -0.4 is 0 Å². The number of ether oxygens (including phenoxy) is 2. The minimum Gasteiger partial charge on any atom is -0.461 e. The Morgan fingerprint density at radius 3 is 1.86 bits per heavy atom. The Morgan fingerprint density at radius 1 is 0.833 bits per heavy atom. The van der Waals surface area contributed by atoms with E-state index in [1.807, 2.05) is 79.7 Å². The number of aryl methyl sites for hydroxylation is 1. The first-order chi connectivity index (χ1) is 17.3. The van der Waals surface area contributed by atoms with Gasteiger partial charge in [-0.1, -0.05) is 90.5 Å². The minimum absolute atomic E-state index is 0.00356. The minimum atomic E-state index is -1.70. The predicted molar refractivity (Wildman–Crippen MR) is 134 cm³/mol. The summed E-state index contributed by atoms with van der Waals surface area (Å²) in [6.07, 6.45) is -0.356. The maximum absolute atomic E-state index is 13.4. The van der Waals surface area contributed by atoms with Crippen LogP contribution in [0.4, 0.5) is 0 Å². The molecule has 0 radical (unpaired) electrons. The number of hydrogen-bond acceptors (Lipinski definition) is 6. The molecule has 0 spiro atoms. The monoisotopic (exact) mass is 486 g/mol. The second-order valence-corrected chi connectivity index (χ2v) is 9.58. The SMILES string of the molecule is Cc1ccc(C2C(C(=O)OCc3ccccc3)C(=O)CC(C)(O)C2C(=O)OCc2ccccc2)cc1. The lowest BCUT2D eigenvalue weighted by Gasteiger charge is -2.43. The number of rotatable bonds is 7. The van der Waals surface area contributed by atoms with E-state index >= 15 is 0 Å². The zero-order chi connectivity index (χ0) is 25.7. The maximum atomic E-state index is 13.4. The third kappa shape index (κ3) is 5.71. The molecule has 0 aliphatic heterocycles. The lowest BCUT2D eigenvalue weighted by molar-refractivity contribution is -0.174. The molecule has 0 amide bonds. The van der Waals surface area contributed by atoms with Gasteiger partial charge in [-0.25, -0.2) is 0 Å². The number of carbonyl (C=O) groups excluding carboxylic acids is 3. The van der Waals surface area contributed by atoms with Crippen molar-refractivity contribution in [1.29, 1.82) is 0 Å². The quantitative estimate of drug-likeness (QED) is 0.390. The highest BCUT2D eigenvalue weighted by Gasteiger charge is 2.57. The average Bonchev–Trinajstić information content (AvgIpc) is 2.86. The van der Waals surface area contributed by atoms with E-state index in [0.717, 1.165) is 16.7 Å². The largest absolute Gasteiger partial charge is 0.461 e. The van der Waals surface area contributed by atoms with Crippen LogP contribution in [0, 0.1) is 18.8 Å². The zero-order valence-electron chi connectivity index (χ0n) is 20.4. The molecule has 1 aliphatic rings. The number of carbonyl (C=O) groups is 3. The normalized spacial score (nSPS) is 23.6. The third-order valence-electron chi connectivity index (χ3n) is 6.69. The summed E-state index contributed by atoms with van der Waals surface area (Å²) in [7, 11) is 0. The molecular formula is C30H30O6. The molecule has 0 saturated heterocycles. The topological polar surface area (TPSA) is 89.9 Å². The molecule has 4 unspecified atom stereocenters. The van der Waals surface area contributed by atoms with Gasteiger partial charge in [0, 0.05) is 12.3 Å². The molecule has 1 aliphatic carbocycles. The second kappa shape index (κ2) is 10.9. The van der Waals surface area contributed by atoms with E-state index in [9.17, 15) is 19.5 Å². The molecular weight excluding hydrogens is 456 g/mol. The Kier molecular flexibility index (Phi) is 7.65. The van der Waals surface area contributed by atoms with Crippen LogP contribution in [0.1, 0.15) is 41.5 Å². The zero-order valence-corrected chi connectivity index (χ0v) is 20.4. The molecule has 186 valence electrons. The summed E-state index contributed by atoms with van der Waals surface area (Å²) in [4.78, 5) is 40.0. The van der Waals surface area contributed by atoms with E-state index in [2.05, 4.69) is 0 Å². The standard InChI is InChI=1S/C30H30O6/c1-20-13-15-23(16-14-20)25-26(28(32)35-18-21-9-5-3-6-10-21)24(31)17-30(2,34)27(25)29(33)36-19-22-11-7-4-8-12-22/h3-16,25-27,34H,17-19H2,1-2H3. The van der Waals surface area contributed by atoms with Crippen molar-refractivity contribution in [3.63, 3.8) is 0 Å². The van der Waals surface area contributed by atoms with Crippen molar-refractivity contribution in [2.45, 2.75) is 45.0 Å². The van der Waals surface area contributed by atoms with E-state index in [1.54, 1.807) is 12.1 Å². The molecule has 6 nitrogen and oxygen atoms in total. The first-order valence-corrected chi connectivity index (χ1v) is 12.0. The van der Waals surface area contributed by atoms with Crippen LogP contribution in [-0.4, -0.2) is 28.4 Å². The first-order valence-electron chi connectivity index (χ1n) is 12.0. The second-order valence-electron chi connectivity index (χ2n) is 9.58. The van der Waals surface area contributed by atoms with Crippen molar-refractivity contribution in [1.82, 2.24) is 0 Å². The van der Waals surface area contributed by atoms with Crippen LogP contribution in [0.3, 0.4) is 0 Å². The number of aliphatic hydroxyl groups is 1. The van der Waals surface area contributed by atoms with Crippen molar-refractivity contribution in [3.05, 3.63) is 107 Å². The Balaban J connectivity index is 1.66. The van der Waals surface area contributed by atoms with Gasteiger partial charge in [-0.05, 0) is 30.5 Å². The predicted octanol–water partition coefficient (Wildman–Crippen LogP) is 4.52. The van der Waals surface area contributed by atoms with Crippen molar-refractivity contribution >= 4 is 17.7 Å². The van der Waals surface area contributed by atoms with E-state index in [0.29, 0.717) is 5.56 Å². The van der Waals surface area contributed by atoms with Gasteiger partial charge in [-0.2, -0.15) is 0 Å². The molecule has 4 rings (SSSR count). The van der Waals surface area contributed by atoms with Crippen molar-refractivity contribution in [3.8, 4) is 0 Å². The Labute approximate surface area is 210 Å². The molecule has 6 heteroatoms. The van der Waals surface area contributed by atoms with Crippen LogP contribution >= 0.6 is 0 Å². The van der Waals surface area contributed by atoms with Gasteiger partial charge in [0.1, 0.15) is 19.1 Å². The van der Waals surface area contributed by atoms with E-state index in [-0.39, 0.29) is 19.6 Å². The third-order valence-corrected chi connectivity index (χ3v) is 6.69. The molecule has 1 N–H and O–H groups in total. The first kappa shape index (κ1) is 25.3. The lowest BCUT2D eigenvalue weighted by atomic mass is 9.61. The number of hydrogen-bond donors (Lipinski definition) is 1. The Hall–Kier alpha value is -3.77. The van der Waals surface area contributed by atoms with Crippen LogP contribution in [0.15, 0.2) is 84.9 Å². The molecule has 0 aromatic heterocycles. The van der Waals surface area contributed by atoms with E-state index < -0.39 is 41.1 Å². The van der Waals surface area contributed by atoms with Gasteiger partial charge >= 0.3 is 11.9 Å². The van der Waals surface area contributed by atoms with Gasteiger partial charge < -0.3 is 14.6 Å². The highest BCUT2D eigenvalue weighted by Crippen LogP contribution is 2.47. The molecule has 3 aromatic rings. The summed E-state index contributed by atoms with van der Waals surface area (Å²) in [5, 5.41) is 11.3. The Morgan fingerprint density at radius 2 is 1.33 bits per heavy atom. The fourth-order valence-corrected chi connectivity index (χ4v) is 4.84. The van der Waals surface area contributed by atoms with Crippen molar-refractivity contribution < 1.29 is 29.0 Å². The van der Waals surface area contributed by atoms with Gasteiger partial charge in [-0.3, -0.25) is 14.4 Å². The molecule has 0 heterocycles. The molecule has 1 fully saturated rings. The van der Waals surface area contributed by atoms with Crippen LogP contribution in [0.25, 0.3) is 0 Å². The van der Waals surface area contributed by atoms with E-state index in [4.69, 9.17) is 9.47 Å².